The summed E-state index contributed by atoms with van der Waals surface area (Å²) in [5.41, 5.74) is 1.32. The van der Waals surface area contributed by atoms with Gasteiger partial charge in [0.15, 0.2) is 0 Å². The Bertz CT molecular complexity index is 540. The molecule has 2 rings (SSSR count). The smallest absolute Gasteiger partial charge is 0.262 e. The number of thiophene rings is 1. The maximum absolute atomic E-state index is 12.4. The highest BCUT2D eigenvalue weighted by atomic mass is 32.1. The molecule has 2 heterocycles. The molecule has 1 aromatic heterocycles. The van der Waals surface area contributed by atoms with Crippen molar-refractivity contribution in [2.45, 2.75) is 85.0 Å². The highest BCUT2D eigenvalue weighted by Gasteiger charge is 2.39. The molecule has 0 radical (unpaired) electrons. The van der Waals surface area contributed by atoms with Crippen molar-refractivity contribution in [3.05, 3.63) is 20.9 Å². The third-order valence-electron chi connectivity index (χ3n) is 4.91. The van der Waals surface area contributed by atoms with Gasteiger partial charge in [0, 0.05) is 16.3 Å². The number of imide groups is 1. The molecular weight excluding hydrogens is 318 g/mol. The van der Waals surface area contributed by atoms with Crippen LogP contribution in [-0.4, -0.2) is 23.3 Å². The minimum atomic E-state index is -0.0761. The minimum Gasteiger partial charge on any atom is -0.274 e. The number of amides is 2. The molecule has 134 valence electrons. The van der Waals surface area contributed by atoms with E-state index in [-0.39, 0.29) is 11.8 Å². The van der Waals surface area contributed by atoms with Crippen LogP contribution in [-0.2, 0) is 0 Å². The molecule has 2 amide bonds. The topological polar surface area (TPSA) is 37.4 Å². The Morgan fingerprint density at radius 1 is 0.708 bits per heavy atom. The number of carbonyl (C=O) groups excluding carboxylic acids is 2. The monoisotopic (exact) mass is 349 g/mol. The maximum atomic E-state index is 12.4. The van der Waals surface area contributed by atoms with Crippen molar-refractivity contribution < 1.29 is 9.59 Å². The Morgan fingerprint density at radius 3 is 1.58 bits per heavy atom. The Morgan fingerprint density at radius 2 is 1.12 bits per heavy atom. The zero-order valence-electron chi connectivity index (χ0n) is 15.5. The summed E-state index contributed by atoms with van der Waals surface area (Å²) >= 11 is 1.56. The average Bonchev–Trinajstić information content (AvgIpc) is 2.98. The first-order chi connectivity index (χ1) is 11.6. The number of hydrogen-bond acceptors (Lipinski definition) is 3. The normalized spacial score (nSPS) is 13.9. The van der Waals surface area contributed by atoms with Gasteiger partial charge in [-0.3, -0.25) is 14.5 Å². The van der Waals surface area contributed by atoms with Crippen LogP contribution in [0.5, 0.6) is 0 Å². The van der Waals surface area contributed by atoms with Gasteiger partial charge in [-0.15, -0.1) is 11.3 Å². The van der Waals surface area contributed by atoms with Gasteiger partial charge < -0.3 is 0 Å². The number of unbranched alkanes of at least 4 members (excludes halogenated alkanes) is 9. The van der Waals surface area contributed by atoms with E-state index >= 15 is 0 Å². The minimum absolute atomic E-state index is 0.0761. The quantitative estimate of drug-likeness (QED) is 0.369. The molecule has 1 aliphatic rings. The van der Waals surface area contributed by atoms with Gasteiger partial charge in [-0.05, 0) is 20.3 Å². The first-order valence-corrected chi connectivity index (χ1v) is 10.4. The fourth-order valence-corrected chi connectivity index (χ4v) is 4.56. The van der Waals surface area contributed by atoms with E-state index < -0.39 is 0 Å². The highest BCUT2D eigenvalue weighted by Crippen LogP contribution is 2.34. The Balaban J connectivity index is 1.63. The Hall–Kier alpha value is -1.16. The summed E-state index contributed by atoms with van der Waals surface area (Å²) in [6.45, 7) is 6.70. The van der Waals surface area contributed by atoms with Crippen LogP contribution in [0.3, 0.4) is 0 Å². The second-order valence-corrected chi connectivity index (χ2v) is 8.34. The van der Waals surface area contributed by atoms with Gasteiger partial charge >= 0.3 is 0 Å². The number of carbonyl (C=O) groups is 2. The Labute approximate surface area is 150 Å². The second-order valence-electron chi connectivity index (χ2n) is 6.91. The van der Waals surface area contributed by atoms with Crippen LogP contribution in [0, 0.1) is 13.8 Å². The first kappa shape index (κ1) is 19.2. The summed E-state index contributed by atoms with van der Waals surface area (Å²) in [5.74, 6) is -0.152. The van der Waals surface area contributed by atoms with E-state index in [9.17, 15) is 9.59 Å². The summed E-state index contributed by atoms with van der Waals surface area (Å²) in [7, 11) is 0. The van der Waals surface area contributed by atoms with Crippen LogP contribution >= 0.6 is 11.3 Å². The summed E-state index contributed by atoms with van der Waals surface area (Å²) in [4.78, 5) is 28.3. The fraction of sp³-hybridized carbons (Fsp3) is 0.700. The molecule has 1 aromatic rings. The molecule has 4 heteroatoms. The number of nitrogens with zero attached hydrogens (tertiary/aromatic N) is 1. The maximum Gasteiger partial charge on any atom is 0.262 e. The van der Waals surface area contributed by atoms with Crippen molar-refractivity contribution in [2.24, 2.45) is 0 Å². The lowest BCUT2D eigenvalue weighted by Gasteiger charge is -2.14. The van der Waals surface area contributed by atoms with Crippen molar-refractivity contribution in [3.63, 3.8) is 0 Å². The lowest BCUT2D eigenvalue weighted by Crippen LogP contribution is -2.31. The fourth-order valence-electron chi connectivity index (χ4n) is 3.52. The zero-order chi connectivity index (χ0) is 17.5. The second kappa shape index (κ2) is 9.36. The zero-order valence-corrected chi connectivity index (χ0v) is 16.3. The van der Waals surface area contributed by atoms with Crippen molar-refractivity contribution in [2.75, 3.05) is 6.54 Å². The first-order valence-electron chi connectivity index (χ1n) is 9.54. The molecule has 0 atom stereocenters. The lowest BCUT2D eigenvalue weighted by molar-refractivity contribution is 0.0651. The standard InChI is InChI=1S/C20H31NO2S/c1-4-5-6-7-8-9-10-11-12-13-14-21-19(22)17-15(2)24-16(3)18(17)20(21)23/h4-14H2,1-3H3. The highest BCUT2D eigenvalue weighted by molar-refractivity contribution is 7.12. The van der Waals surface area contributed by atoms with Crippen LogP contribution in [0.1, 0.15) is 102 Å². The molecule has 0 spiro atoms. The molecule has 0 fully saturated rings. The predicted octanol–water partition coefficient (Wildman–Crippen LogP) is 5.88. The molecule has 0 saturated carbocycles. The van der Waals surface area contributed by atoms with Crippen LogP contribution in [0.2, 0.25) is 0 Å². The lowest BCUT2D eigenvalue weighted by atomic mass is 10.1. The van der Waals surface area contributed by atoms with Crippen LogP contribution in [0.4, 0.5) is 0 Å². The summed E-state index contributed by atoms with van der Waals surface area (Å²) in [6.07, 6.45) is 12.6. The molecule has 0 bridgehead atoms. The van der Waals surface area contributed by atoms with Gasteiger partial charge in [-0.25, -0.2) is 0 Å². The molecule has 3 nitrogen and oxygen atoms in total. The number of aryl methyl sites for hydroxylation is 2. The SMILES string of the molecule is CCCCCCCCCCCCN1C(=O)c2c(C)sc(C)c2C1=O. The van der Waals surface area contributed by atoms with Gasteiger partial charge in [-0.1, -0.05) is 64.7 Å². The predicted molar refractivity (Wildman–Crippen MR) is 101 cm³/mol. The number of fused-ring (bicyclic) bond motifs is 1. The van der Waals surface area contributed by atoms with E-state index in [1.165, 1.54) is 56.3 Å². The third kappa shape index (κ3) is 4.47. The largest absolute Gasteiger partial charge is 0.274 e. The van der Waals surface area contributed by atoms with Crippen molar-refractivity contribution >= 4 is 23.2 Å². The van der Waals surface area contributed by atoms with E-state index in [0.29, 0.717) is 17.7 Å². The van der Waals surface area contributed by atoms with E-state index in [4.69, 9.17) is 0 Å². The van der Waals surface area contributed by atoms with Gasteiger partial charge in [0.1, 0.15) is 0 Å². The molecule has 0 aliphatic carbocycles. The van der Waals surface area contributed by atoms with Crippen LogP contribution in [0.25, 0.3) is 0 Å². The van der Waals surface area contributed by atoms with Gasteiger partial charge in [0.2, 0.25) is 0 Å². The molecule has 0 N–H and O–H groups in total. The molecule has 24 heavy (non-hydrogen) atoms. The summed E-state index contributed by atoms with van der Waals surface area (Å²) in [5, 5.41) is 0. The van der Waals surface area contributed by atoms with Gasteiger partial charge in [-0.2, -0.15) is 0 Å². The van der Waals surface area contributed by atoms with E-state index in [0.717, 1.165) is 22.6 Å². The van der Waals surface area contributed by atoms with Crippen molar-refractivity contribution in [1.82, 2.24) is 4.90 Å². The van der Waals surface area contributed by atoms with E-state index in [2.05, 4.69) is 6.92 Å². The Kier molecular flexibility index (Phi) is 7.47. The van der Waals surface area contributed by atoms with Crippen LogP contribution < -0.4 is 0 Å². The van der Waals surface area contributed by atoms with E-state index in [1.54, 1.807) is 11.3 Å². The molecule has 0 saturated heterocycles. The molecule has 0 unspecified atom stereocenters. The van der Waals surface area contributed by atoms with Gasteiger partial charge in [0.25, 0.3) is 11.8 Å². The third-order valence-corrected chi connectivity index (χ3v) is 5.93. The van der Waals surface area contributed by atoms with Crippen LogP contribution in [0.15, 0.2) is 0 Å². The molecule has 0 aromatic carbocycles. The van der Waals surface area contributed by atoms with Gasteiger partial charge in [0.05, 0.1) is 11.1 Å². The summed E-state index contributed by atoms with van der Waals surface area (Å²) in [6, 6.07) is 0. The number of hydrogen-bond donors (Lipinski definition) is 0. The average molecular weight is 350 g/mol. The van der Waals surface area contributed by atoms with Crippen molar-refractivity contribution in [1.29, 1.82) is 0 Å². The van der Waals surface area contributed by atoms with E-state index in [1.807, 2.05) is 13.8 Å². The van der Waals surface area contributed by atoms with Crippen molar-refractivity contribution in [3.8, 4) is 0 Å². The molecular formula is C20H31NO2S. The molecule has 1 aliphatic heterocycles. The number of rotatable bonds is 11. The summed E-state index contributed by atoms with van der Waals surface area (Å²) < 4.78 is 0.